The van der Waals surface area contributed by atoms with Gasteiger partial charge >= 0.3 is 0 Å². The highest BCUT2D eigenvalue weighted by molar-refractivity contribution is 5.87. The Labute approximate surface area is 76.5 Å². The van der Waals surface area contributed by atoms with E-state index in [0.29, 0.717) is 5.56 Å². The molecule has 2 nitrogen and oxygen atoms in total. The van der Waals surface area contributed by atoms with Crippen molar-refractivity contribution in [3.05, 3.63) is 41.6 Å². The molecule has 0 spiro atoms. The van der Waals surface area contributed by atoms with E-state index in [1.807, 2.05) is 31.2 Å². The SMILES string of the molecule is Cc1ccnc2cccc(C#N)c12. The Morgan fingerprint density at radius 2 is 2.15 bits per heavy atom. The van der Waals surface area contributed by atoms with Gasteiger partial charge in [0.25, 0.3) is 0 Å². The maximum absolute atomic E-state index is 8.88. The average molecular weight is 168 g/mol. The first-order valence-electron chi connectivity index (χ1n) is 4.07. The number of hydrogen-bond donors (Lipinski definition) is 0. The van der Waals surface area contributed by atoms with E-state index in [2.05, 4.69) is 11.1 Å². The van der Waals surface area contributed by atoms with Crippen LogP contribution < -0.4 is 0 Å². The topological polar surface area (TPSA) is 36.7 Å². The van der Waals surface area contributed by atoms with Gasteiger partial charge in [-0.1, -0.05) is 6.07 Å². The molecule has 1 aromatic heterocycles. The molecule has 62 valence electrons. The number of nitriles is 1. The van der Waals surface area contributed by atoms with Gasteiger partial charge in [0.05, 0.1) is 17.1 Å². The summed E-state index contributed by atoms with van der Waals surface area (Å²) in [7, 11) is 0. The third-order valence-electron chi connectivity index (χ3n) is 2.10. The maximum Gasteiger partial charge on any atom is 0.0998 e. The van der Waals surface area contributed by atoms with Crippen LogP contribution in [0.25, 0.3) is 10.9 Å². The molecule has 2 heteroatoms. The summed E-state index contributed by atoms with van der Waals surface area (Å²) in [5, 5.41) is 9.85. The van der Waals surface area contributed by atoms with Crippen LogP contribution in [0.3, 0.4) is 0 Å². The Kier molecular flexibility index (Phi) is 1.71. The minimum atomic E-state index is 0.697. The van der Waals surface area contributed by atoms with Crippen molar-refractivity contribution in [1.29, 1.82) is 5.26 Å². The monoisotopic (exact) mass is 168 g/mol. The van der Waals surface area contributed by atoms with E-state index < -0.39 is 0 Å². The molecule has 13 heavy (non-hydrogen) atoms. The zero-order valence-corrected chi connectivity index (χ0v) is 7.28. The average Bonchev–Trinajstić information content (AvgIpc) is 2.17. The van der Waals surface area contributed by atoms with Crippen LogP contribution in [0.5, 0.6) is 0 Å². The summed E-state index contributed by atoms with van der Waals surface area (Å²) in [6.45, 7) is 1.99. The lowest BCUT2D eigenvalue weighted by Gasteiger charge is -2.01. The van der Waals surface area contributed by atoms with Crippen molar-refractivity contribution in [1.82, 2.24) is 4.98 Å². The molecule has 1 heterocycles. The van der Waals surface area contributed by atoms with Crippen molar-refractivity contribution in [3.8, 4) is 6.07 Å². The van der Waals surface area contributed by atoms with Crippen molar-refractivity contribution in [2.45, 2.75) is 6.92 Å². The van der Waals surface area contributed by atoms with E-state index in [9.17, 15) is 0 Å². The highest BCUT2D eigenvalue weighted by atomic mass is 14.6. The lowest BCUT2D eigenvalue weighted by Crippen LogP contribution is -1.85. The summed E-state index contributed by atoms with van der Waals surface area (Å²) in [5.41, 5.74) is 2.68. The largest absolute Gasteiger partial charge is 0.256 e. The quantitative estimate of drug-likeness (QED) is 0.605. The summed E-state index contributed by atoms with van der Waals surface area (Å²) in [6.07, 6.45) is 1.76. The molecule has 0 aliphatic heterocycles. The molecule has 0 aliphatic carbocycles. The molecule has 0 N–H and O–H groups in total. The summed E-state index contributed by atoms with van der Waals surface area (Å²) >= 11 is 0. The van der Waals surface area contributed by atoms with Crippen LogP contribution in [0, 0.1) is 18.3 Å². The van der Waals surface area contributed by atoms with Gasteiger partial charge in [-0.2, -0.15) is 5.26 Å². The standard InChI is InChI=1S/C11H8N2/c1-8-5-6-13-10-4-2-3-9(7-12)11(8)10/h2-6H,1H3. The number of rotatable bonds is 0. The first kappa shape index (κ1) is 7.75. The zero-order chi connectivity index (χ0) is 9.26. The highest BCUT2D eigenvalue weighted by Crippen LogP contribution is 2.19. The number of hydrogen-bond acceptors (Lipinski definition) is 2. The lowest BCUT2D eigenvalue weighted by atomic mass is 10.1. The molecule has 0 bridgehead atoms. The number of nitrogens with zero attached hydrogens (tertiary/aromatic N) is 2. The number of fused-ring (bicyclic) bond motifs is 1. The summed E-state index contributed by atoms with van der Waals surface area (Å²) < 4.78 is 0. The van der Waals surface area contributed by atoms with Crippen molar-refractivity contribution >= 4 is 10.9 Å². The second-order valence-electron chi connectivity index (χ2n) is 2.94. The third kappa shape index (κ3) is 1.15. The molecule has 2 rings (SSSR count). The van der Waals surface area contributed by atoms with Gasteiger partial charge in [0, 0.05) is 11.6 Å². The number of aromatic nitrogens is 1. The summed E-state index contributed by atoms with van der Waals surface area (Å²) in [6, 6.07) is 9.68. The summed E-state index contributed by atoms with van der Waals surface area (Å²) in [5.74, 6) is 0. The van der Waals surface area contributed by atoms with Gasteiger partial charge in [-0.15, -0.1) is 0 Å². The van der Waals surface area contributed by atoms with Crippen molar-refractivity contribution in [2.24, 2.45) is 0 Å². The first-order valence-corrected chi connectivity index (χ1v) is 4.07. The Bertz CT molecular complexity index is 490. The Morgan fingerprint density at radius 3 is 2.92 bits per heavy atom. The molecule has 2 aromatic rings. The molecular formula is C11H8N2. The fourth-order valence-corrected chi connectivity index (χ4v) is 1.47. The van der Waals surface area contributed by atoms with Gasteiger partial charge in [-0.25, -0.2) is 0 Å². The first-order chi connectivity index (χ1) is 6.33. The molecular weight excluding hydrogens is 160 g/mol. The summed E-state index contributed by atoms with van der Waals surface area (Å²) in [4.78, 5) is 4.20. The van der Waals surface area contributed by atoms with Crippen LogP contribution in [-0.2, 0) is 0 Å². The van der Waals surface area contributed by atoms with Crippen LogP contribution in [0.4, 0.5) is 0 Å². The predicted molar refractivity (Wildman–Crippen MR) is 51.2 cm³/mol. The van der Waals surface area contributed by atoms with E-state index in [0.717, 1.165) is 16.5 Å². The zero-order valence-electron chi connectivity index (χ0n) is 7.28. The van der Waals surface area contributed by atoms with Crippen LogP contribution >= 0.6 is 0 Å². The van der Waals surface area contributed by atoms with Gasteiger partial charge in [-0.3, -0.25) is 4.98 Å². The Hall–Kier alpha value is -1.88. The third-order valence-corrected chi connectivity index (χ3v) is 2.10. The minimum absolute atomic E-state index is 0.697. The fourth-order valence-electron chi connectivity index (χ4n) is 1.47. The number of pyridine rings is 1. The van der Waals surface area contributed by atoms with Gasteiger partial charge in [0.15, 0.2) is 0 Å². The molecule has 1 aromatic carbocycles. The van der Waals surface area contributed by atoms with Crippen LogP contribution in [-0.4, -0.2) is 4.98 Å². The second-order valence-corrected chi connectivity index (χ2v) is 2.94. The molecule has 0 atom stereocenters. The number of benzene rings is 1. The molecule has 0 aliphatic rings. The van der Waals surface area contributed by atoms with Crippen molar-refractivity contribution in [3.63, 3.8) is 0 Å². The van der Waals surface area contributed by atoms with Gasteiger partial charge in [0.1, 0.15) is 0 Å². The normalized spacial score (nSPS) is 9.85. The Balaban J connectivity index is 2.97. The lowest BCUT2D eigenvalue weighted by molar-refractivity contribution is 1.36. The van der Waals surface area contributed by atoms with Gasteiger partial charge in [0.2, 0.25) is 0 Å². The van der Waals surface area contributed by atoms with E-state index in [-0.39, 0.29) is 0 Å². The van der Waals surface area contributed by atoms with E-state index in [1.165, 1.54) is 0 Å². The van der Waals surface area contributed by atoms with Gasteiger partial charge < -0.3 is 0 Å². The predicted octanol–water partition coefficient (Wildman–Crippen LogP) is 2.41. The smallest absolute Gasteiger partial charge is 0.0998 e. The molecule has 0 fully saturated rings. The molecule has 0 amide bonds. The molecule has 0 unspecified atom stereocenters. The van der Waals surface area contributed by atoms with E-state index in [1.54, 1.807) is 6.20 Å². The molecule has 0 saturated carbocycles. The second kappa shape index (κ2) is 2.87. The van der Waals surface area contributed by atoms with E-state index in [4.69, 9.17) is 5.26 Å². The minimum Gasteiger partial charge on any atom is -0.256 e. The fraction of sp³-hybridized carbons (Fsp3) is 0.0909. The van der Waals surface area contributed by atoms with Crippen LogP contribution in [0.1, 0.15) is 11.1 Å². The van der Waals surface area contributed by atoms with E-state index >= 15 is 0 Å². The van der Waals surface area contributed by atoms with Crippen LogP contribution in [0.15, 0.2) is 30.5 Å². The maximum atomic E-state index is 8.88. The Morgan fingerprint density at radius 1 is 1.31 bits per heavy atom. The van der Waals surface area contributed by atoms with Crippen molar-refractivity contribution in [2.75, 3.05) is 0 Å². The van der Waals surface area contributed by atoms with Crippen molar-refractivity contribution < 1.29 is 0 Å². The molecule has 0 radical (unpaired) electrons. The molecule has 0 saturated heterocycles. The number of aryl methyl sites for hydroxylation is 1. The van der Waals surface area contributed by atoms with Crippen LogP contribution in [0.2, 0.25) is 0 Å². The van der Waals surface area contributed by atoms with Gasteiger partial charge in [-0.05, 0) is 30.7 Å². The highest BCUT2D eigenvalue weighted by Gasteiger charge is 2.02.